The molecule has 2 rings (SSSR count). The van der Waals surface area contributed by atoms with Gasteiger partial charge in [-0.25, -0.2) is 4.98 Å². The molecule has 0 atom stereocenters. The molecule has 0 aliphatic carbocycles. The van der Waals surface area contributed by atoms with Crippen LogP contribution in [0.2, 0.25) is 0 Å². The van der Waals surface area contributed by atoms with Gasteiger partial charge in [-0.1, -0.05) is 0 Å². The zero-order valence-electron chi connectivity index (χ0n) is 8.83. The van der Waals surface area contributed by atoms with E-state index in [0.29, 0.717) is 24.3 Å². The van der Waals surface area contributed by atoms with Crippen LogP contribution in [-0.2, 0) is 13.7 Å². The lowest BCUT2D eigenvalue weighted by atomic mass is 10.3. The Labute approximate surface area is 92.7 Å². The summed E-state index contributed by atoms with van der Waals surface area (Å²) in [6, 6.07) is 3.33. The lowest BCUT2D eigenvalue weighted by molar-refractivity contribution is 0.111. The molecule has 0 saturated heterocycles. The average Bonchev–Trinajstić information content (AvgIpc) is 2.73. The number of aromatic nitrogens is 3. The SMILES string of the molecule is Cn1cc(COc2ccc(C=O)nc2)cn1. The van der Waals surface area contributed by atoms with Gasteiger partial charge in [0.05, 0.1) is 12.4 Å². The lowest BCUT2D eigenvalue weighted by Crippen LogP contribution is -1.95. The number of aryl methyl sites for hydroxylation is 1. The molecule has 0 amide bonds. The van der Waals surface area contributed by atoms with E-state index in [-0.39, 0.29) is 0 Å². The number of rotatable bonds is 4. The maximum absolute atomic E-state index is 10.4. The Bertz CT molecular complexity index is 476. The predicted octanol–water partition coefficient (Wildman–Crippen LogP) is 1.21. The Hall–Kier alpha value is -2.17. The van der Waals surface area contributed by atoms with Crippen LogP contribution in [0.25, 0.3) is 0 Å². The highest BCUT2D eigenvalue weighted by molar-refractivity contribution is 5.71. The second-order valence-electron chi connectivity index (χ2n) is 3.35. The van der Waals surface area contributed by atoms with Gasteiger partial charge in [-0.2, -0.15) is 5.10 Å². The van der Waals surface area contributed by atoms with E-state index in [0.717, 1.165) is 5.56 Å². The maximum Gasteiger partial charge on any atom is 0.168 e. The van der Waals surface area contributed by atoms with Gasteiger partial charge in [-0.15, -0.1) is 0 Å². The fourth-order valence-corrected chi connectivity index (χ4v) is 1.26. The Morgan fingerprint density at radius 1 is 1.44 bits per heavy atom. The number of aldehydes is 1. The summed E-state index contributed by atoms with van der Waals surface area (Å²) < 4.78 is 7.19. The fourth-order valence-electron chi connectivity index (χ4n) is 1.26. The van der Waals surface area contributed by atoms with E-state index in [4.69, 9.17) is 4.74 Å². The van der Waals surface area contributed by atoms with Crippen LogP contribution in [0.4, 0.5) is 0 Å². The van der Waals surface area contributed by atoms with E-state index in [2.05, 4.69) is 10.1 Å². The quantitative estimate of drug-likeness (QED) is 0.722. The van der Waals surface area contributed by atoms with Crippen LogP contribution < -0.4 is 4.74 Å². The predicted molar refractivity (Wildman–Crippen MR) is 57.2 cm³/mol. The minimum Gasteiger partial charge on any atom is -0.487 e. The van der Waals surface area contributed by atoms with Crippen molar-refractivity contribution in [3.63, 3.8) is 0 Å². The van der Waals surface area contributed by atoms with Crippen molar-refractivity contribution in [2.75, 3.05) is 0 Å². The van der Waals surface area contributed by atoms with E-state index in [9.17, 15) is 4.79 Å². The molecule has 0 spiro atoms. The van der Waals surface area contributed by atoms with Gasteiger partial charge < -0.3 is 4.74 Å². The average molecular weight is 217 g/mol. The molecule has 0 N–H and O–H groups in total. The number of carbonyl (C=O) groups excluding carboxylic acids is 1. The van der Waals surface area contributed by atoms with Crippen molar-refractivity contribution in [2.45, 2.75) is 6.61 Å². The smallest absolute Gasteiger partial charge is 0.168 e. The van der Waals surface area contributed by atoms with Gasteiger partial charge in [0, 0.05) is 18.8 Å². The van der Waals surface area contributed by atoms with Crippen LogP contribution in [0.5, 0.6) is 5.75 Å². The van der Waals surface area contributed by atoms with Crippen LogP contribution in [0, 0.1) is 0 Å². The van der Waals surface area contributed by atoms with Gasteiger partial charge >= 0.3 is 0 Å². The molecule has 2 aromatic heterocycles. The van der Waals surface area contributed by atoms with Crippen LogP contribution in [0.15, 0.2) is 30.7 Å². The van der Waals surface area contributed by atoms with Crippen molar-refractivity contribution < 1.29 is 9.53 Å². The van der Waals surface area contributed by atoms with Crippen LogP contribution in [0.3, 0.4) is 0 Å². The third-order valence-electron chi connectivity index (χ3n) is 2.04. The van der Waals surface area contributed by atoms with Crippen LogP contribution in [0.1, 0.15) is 16.1 Å². The highest BCUT2D eigenvalue weighted by Gasteiger charge is 1.99. The van der Waals surface area contributed by atoms with Gasteiger partial charge in [0.25, 0.3) is 0 Å². The Morgan fingerprint density at radius 2 is 2.31 bits per heavy atom. The number of ether oxygens (including phenoxy) is 1. The van der Waals surface area contributed by atoms with Crippen molar-refractivity contribution in [1.82, 2.24) is 14.8 Å². The molecule has 2 heterocycles. The van der Waals surface area contributed by atoms with Crippen molar-refractivity contribution in [2.24, 2.45) is 7.05 Å². The van der Waals surface area contributed by atoms with Crippen LogP contribution >= 0.6 is 0 Å². The van der Waals surface area contributed by atoms with E-state index in [1.54, 1.807) is 23.0 Å². The molecule has 5 heteroatoms. The molecular formula is C11H11N3O2. The lowest BCUT2D eigenvalue weighted by Gasteiger charge is -2.03. The molecular weight excluding hydrogens is 206 g/mol. The molecule has 0 aliphatic heterocycles. The van der Waals surface area contributed by atoms with Crippen molar-refractivity contribution >= 4 is 6.29 Å². The first-order valence-electron chi connectivity index (χ1n) is 4.79. The summed E-state index contributed by atoms with van der Waals surface area (Å²) in [5.41, 5.74) is 1.38. The summed E-state index contributed by atoms with van der Waals surface area (Å²) >= 11 is 0. The summed E-state index contributed by atoms with van der Waals surface area (Å²) in [6.45, 7) is 0.440. The van der Waals surface area contributed by atoms with Gasteiger partial charge in [0.1, 0.15) is 18.1 Å². The zero-order chi connectivity index (χ0) is 11.4. The largest absolute Gasteiger partial charge is 0.487 e. The first-order chi connectivity index (χ1) is 7.78. The summed E-state index contributed by atoms with van der Waals surface area (Å²) in [4.78, 5) is 14.3. The van der Waals surface area contributed by atoms with E-state index in [1.807, 2.05) is 13.2 Å². The minimum absolute atomic E-state index is 0.397. The molecule has 82 valence electrons. The molecule has 0 unspecified atom stereocenters. The zero-order valence-corrected chi connectivity index (χ0v) is 8.83. The maximum atomic E-state index is 10.4. The number of carbonyl (C=O) groups is 1. The van der Waals surface area contributed by atoms with Gasteiger partial charge in [-0.05, 0) is 12.1 Å². The molecule has 16 heavy (non-hydrogen) atoms. The van der Waals surface area contributed by atoms with E-state index >= 15 is 0 Å². The first-order valence-corrected chi connectivity index (χ1v) is 4.79. The molecule has 0 aromatic carbocycles. The second-order valence-corrected chi connectivity index (χ2v) is 3.35. The summed E-state index contributed by atoms with van der Waals surface area (Å²) in [5.74, 6) is 0.634. The number of hydrogen-bond acceptors (Lipinski definition) is 4. The van der Waals surface area contributed by atoms with Gasteiger partial charge in [0.15, 0.2) is 6.29 Å². The Balaban J connectivity index is 1.96. The normalized spacial score (nSPS) is 10.1. The summed E-state index contributed by atoms with van der Waals surface area (Å²) in [6.07, 6.45) is 5.85. The number of nitrogens with zero attached hydrogens (tertiary/aromatic N) is 3. The van der Waals surface area contributed by atoms with Crippen LogP contribution in [-0.4, -0.2) is 21.1 Å². The highest BCUT2D eigenvalue weighted by atomic mass is 16.5. The van der Waals surface area contributed by atoms with Gasteiger partial charge in [-0.3, -0.25) is 9.48 Å². The Morgan fingerprint density at radius 3 is 2.88 bits per heavy atom. The molecule has 2 aromatic rings. The molecule has 0 radical (unpaired) electrons. The molecule has 0 fully saturated rings. The number of pyridine rings is 1. The highest BCUT2D eigenvalue weighted by Crippen LogP contribution is 2.10. The standard InChI is InChI=1S/C11H11N3O2/c1-14-6-9(4-13-14)8-16-11-3-2-10(7-15)12-5-11/h2-7H,8H2,1H3. The number of hydrogen-bond donors (Lipinski definition) is 0. The van der Waals surface area contributed by atoms with E-state index < -0.39 is 0 Å². The van der Waals surface area contributed by atoms with Crippen molar-refractivity contribution in [3.05, 3.63) is 42.0 Å². The molecule has 5 nitrogen and oxygen atoms in total. The topological polar surface area (TPSA) is 57.0 Å². The third kappa shape index (κ3) is 2.44. The van der Waals surface area contributed by atoms with Gasteiger partial charge in [0.2, 0.25) is 0 Å². The molecule has 0 aliphatic rings. The summed E-state index contributed by atoms with van der Waals surface area (Å²) in [5, 5.41) is 4.03. The first kappa shape index (κ1) is 10.4. The minimum atomic E-state index is 0.397. The van der Waals surface area contributed by atoms with Crippen molar-refractivity contribution in [1.29, 1.82) is 0 Å². The summed E-state index contributed by atoms with van der Waals surface area (Å²) in [7, 11) is 1.85. The molecule has 0 saturated carbocycles. The van der Waals surface area contributed by atoms with Crippen molar-refractivity contribution in [3.8, 4) is 5.75 Å². The fraction of sp³-hybridized carbons (Fsp3) is 0.182. The van der Waals surface area contributed by atoms with E-state index in [1.165, 1.54) is 6.20 Å². The monoisotopic (exact) mass is 217 g/mol. The second kappa shape index (κ2) is 4.57. The Kier molecular flexibility index (Phi) is 2.95. The third-order valence-corrected chi connectivity index (χ3v) is 2.04. The molecule has 0 bridgehead atoms.